The molecule has 2 atom stereocenters. The molecule has 1 fully saturated rings. The lowest BCUT2D eigenvalue weighted by atomic mass is 10.1. The molecule has 0 heterocycles. The maximum atomic E-state index is 11.5. The van der Waals surface area contributed by atoms with Crippen molar-refractivity contribution >= 4 is 12.0 Å². The summed E-state index contributed by atoms with van der Waals surface area (Å²) in [6, 6.07) is -1.17. The zero-order valence-corrected chi connectivity index (χ0v) is 10.7. The van der Waals surface area contributed by atoms with Crippen molar-refractivity contribution in [1.29, 1.82) is 0 Å². The van der Waals surface area contributed by atoms with E-state index in [1.54, 1.807) is 0 Å². The van der Waals surface area contributed by atoms with Crippen LogP contribution in [0.3, 0.4) is 0 Å². The summed E-state index contributed by atoms with van der Waals surface area (Å²) < 4.78 is 0. The van der Waals surface area contributed by atoms with E-state index in [9.17, 15) is 9.59 Å². The summed E-state index contributed by atoms with van der Waals surface area (Å²) >= 11 is 0. The third-order valence-electron chi connectivity index (χ3n) is 3.41. The average Bonchev–Trinajstić information content (AvgIpc) is 2.83. The number of nitrogens with one attached hydrogen (secondary N) is 2. The van der Waals surface area contributed by atoms with Crippen LogP contribution in [0.25, 0.3) is 0 Å². The quantitative estimate of drug-likeness (QED) is 0.661. The van der Waals surface area contributed by atoms with Crippen molar-refractivity contribution in [3.63, 3.8) is 0 Å². The molecule has 0 saturated heterocycles. The molecule has 0 aromatic rings. The van der Waals surface area contributed by atoms with E-state index in [4.69, 9.17) is 5.11 Å². The highest BCUT2D eigenvalue weighted by Gasteiger charge is 2.45. The summed E-state index contributed by atoms with van der Waals surface area (Å²) in [7, 11) is 0. The summed E-state index contributed by atoms with van der Waals surface area (Å²) in [6.45, 7) is 6.84. The number of carboxylic acids is 1. The van der Waals surface area contributed by atoms with Gasteiger partial charge in [0.15, 0.2) is 0 Å². The molecule has 1 aliphatic carbocycles. The number of urea groups is 1. The summed E-state index contributed by atoms with van der Waals surface area (Å²) in [4.78, 5) is 22.3. The predicted octanol–water partition coefficient (Wildman–Crippen LogP) is 1.59. The van der Waals surface area contributed by atoms with Crippen LogP contribution in [0.1, 0.15) is 40.0 Å². The number of hydrogen-bond donors (Lipinski definition) is 3. The van der Waals surface area contributed by atoms with Crippen LogP contribution < -0.4 is 10.6 Å². The fourth-order valence-corrected chi connectivity index (χ4v) is 1.90. The Morgan fingerprint density at radius 2 is 2.06 bits per heavy atom. The van der Waals surface area contributed by atoms with Crippen molar-refractivity contribution < 1.29 is 14.7 Å². The van der Waals surface area contributed by atoms with Crippen molar-refractivity contribution in [3.8, 4) is 0 Å². The van der Waals surface area contributed by atoms with E-state index in [0.29, 0.717) is 24.3 Å². The van der Waals surface area contributed by atoms with Crippen LogP contribution in [-0.2, 0) is 4.79 Å². The fraction of sp³-hybridized carbons (Fsp3) is 0.833. The monoisotopic (exact) mass is 242 g/mol. The number of rotatable bonds is 6. The average molecular weight is 242 g/mol. The third-order valence-corrected chi connectivity index (χ3v) is 3.41. The Morgan fingerprint density at radius 3 is 2.47 bits per heavy atom. The molecule has 2 amide bonds. The SMILES string of the molecule is CCC[C@H](NC(=O)NCC1CC1(C)C)C(=O)O. The van der Waals surface area contributed by atoms with Gasteiger partial charge in [0.1, 0.15) is 6.04 Å². The van der Waals surface area contributed by atoms with Gasteiger partial charge in [-0.1, -0.05) is 27.2 Å². The van der Waals surface area contributed by atoms with Gasteiger partial charge in [0.2, 0.25) is 0 Å². The van der Waals surface area contributed by atoms with E-state index < -0.39 is 12.0 Å². The molecule has 0 spiro atoms. The zero-order valence-electron chi connectivity index (χ0n) is 10.7. The molecule has 0 bridgehead atoms. The highest BCUT2D eigenvalue weighted by Crippen LogP contribution is 2.50. The first-order valence-corrected chi connectivity index (χ1v) is 6.14. The summed E-state index contributed by atoms with van der Waals surface area (Å²) in [5, 5.41) is 14.1. The van der Waals surface area contributed by atoms with Crippen molar-refractivity contribution in [1.82, 2.24) is 10.6 Å². The third kappa shape index (κ3) is 4.24. The van der Waals surface area contributed by atoms with Gasteiger partial charge in [-0.25, -0.2) is 9.59 Å². The first-order chi connectivity index (χ1) is 7.86. The maximum Gasteiger partial charge on any atom is 0.326 e. The minimum atomic E-state index is -0.978. The Morgan fingerprint density at radius 1 is 1.47 bits per heavy atom. The van der Waals surface area contributed by atoms with E-state index in [1.165, 1.54) is 0 Å². The molecular weight excluding hydrogens is 220 g/mol. The Kier molecular flexibility index (Phi) is 4.37. The van der Waals surface area contributed by atoms with Crippen molar-refractivity contribution in [2.45, 2.75) is 46.1 Å². The van der Waals surface area contributed by atoms with Gasteiger partial charge >= 0.3 is 12.0 Å². The second-order valence-electron chi connectivity index (χ2n) is 5.42. The van der Waals surface area contributed by atoms with Gasteiger partial charge in [-0.05, 0) is 24.2 Å². The first-order valence-electron chi connectivity index (χ1n) is 6.14. The molecule has 5 heteroatoms. The number of carbonyl (C=O) groups is 2. The van der Waals surface area contributed by atoms with E-state index >= 15 is 0 Å². The number of carboxylic acid groups (broad SMARTS) is 1. The van der Waals surface area contributed by atoms with Crippen LogP contribution >= 0.6 is 0 Å². The molecule has 3 N–H and O–H groups in total. The largest absolute Gasteiger partial charge is 0.480 e. The Hall–Kier alpha value is -1.26. The molecule has 0 radical (unpaired) electrons. The summed E-state index contributed by atoms with van der Waals surface area (Å²) in [5.41, 5.74) is 0.322. The van der Waals surface area contributed by atoms with Gasteiger partial charge in [0, 0.05) is 6.54 Å². The standard InChI is InChI=1S/C12H22N2O3/c1-4-5-9(10(15)16)14-11(17)13-7-8-6-12(8,2)3/h8-9H,4-7H2,1-3H3,(H,15,16)(H2,13,14,17)/t8?,9-/m0/s1. The molecule has 1 saturated carbocycles. The van der Waals surface area contributed by atoms with Crippen molar-refractivity contribution in [2.24, 2.45) is 11.3 Å². The van der Waals surface area contributed by atoms with Gasteiger partial charge in [0.25, 0.3) is 0 Å². The topological polar surface area (TPSA) is 78.4 Å². The zero-order chi connectivity index (χ0) is 13.1. The van der Waals surface area contributed by atoms with Crippen LogP contribution in [0, 0.1) is 11.3 Å². The molecular formula is C12H22N2O3. The lowest BCUT2D eigenvalue weighted by Crippen LogP contribution is -2.46. The lowest BCUT2D eigenvalue weighted by Gasteiger charge is -2.14. The molecule has 1 rings (SSSR count). The Labute approximate surface area is 102 Å². The van der Waals surface area contributed by atoms with Crippen LogP contribution in [0.4, 0.5) is 4.79 Å². The number of carbonyl (C=O) groups excluding carboxylic acids is 1. The lowest BCUT2D eigenvalue weighted by molar-refractivity contribution is -0.139. The van der Waals surface area contributed by atoms with E-state index in [1.807, 2.05) is 6.92 Å². The van der Waals surface area contributed by atoms with E-state index in [0.717, 1.165) is 12.8 Å². The number of hydrogen-bond acceptors (Lipinski definition) is 2. The molecule has 98 valence electrons. The van der Waals surface area contributed by atoms with E-state index in [2.05, 4.69) is 24.5 Å². The minimum absolute atomic E-state index is 0.322. The Bertz CT molecular complexity index is 302. The van der Waals surface area contributed by atoms with Crippen LogP contribution in [-0.4, -0.2) is 29.7 Å². The van der Waals surface area contributed by atoms with Crippen molar-refractivity contribution in [2.75, 3.05) is 6.54 Å². The predicted molar refractivity (Wildman–Crippen MR) is 64.8 cm³/mol. The van der Waals surface area contributed by atoms with E-state index in [-0.39, 0.29) is 6.03 Å². The van der Waals surface area contributed by atoms with Crippen LogP contribution in [0.5, 0.6) is 0 Å². The molecule has 0 aromatic carbocycles. The molecule has 17 heavy (non-hydrogen) atoms. The smallest absolute Gasteiger partial charge is 0.326 e. The fourth-order valence-electron chi connectivity index (χ4n) is 1.90. The molecule has 0 aliphatic heterocycles. The van der Waals surface area contributed by atoms with Crippen molar-refractivity contribution in [3.05, 3.63) is 0 Å². The van der Waals surface area contributed by atoms with Gasteiger partial charge in [-0.3, -0.25) is 0 Å². The van der Waals surface area contributed by atoms with Gasteiger partial charge in [-0.2, -0.15) is 0 Å². The molecule has 1 aliphatic rings. The molecule has 0 aromatic heterocycles. The number of amides is 2. The van der Waals surface area contributed by atoms with Crippen LogP contribution in [0.2, 0.25) is 0 Å². The first kappa shape index (κ1) is 13.8. The number of aliphatic carboxylic acids is 1. The normalized spacial score (nSPS) is 22.6. The summed E-state index contributed by atoms with van der Waals surface area (Å²) in [5.74, 6) is -0.462. The second-order valence-corrected chi connectivity index (χ2v) is 5.42. The maximum absolute atomic E-state index is 11.5. The molecule has 5 nitrogen and oxygen atoms in total. The second kappa shape index (κ2) is 5.38. The van der Waals surface area contributed by atoms with Gasteiger partial charge in [-0.15, -0.1) is 0 Å². The van der Waals surface area contributed by atoms with Gasteiger partial charge in [0.05, 0.1) is 0 Å². The highest BCUT2D eigenvalue weighted by molar-refractivity contribution is 5.82. The molecule has 1 unspecified atom stereocenters. The highest BCUT2D eigenvalue weighted by atomic mass is 16.4. The Balaban J connectivity index is 2.25. The summed E-state index contributed by atoms with van der Waals surface area (Å²) in [6.07, 6.45) is 2.30. The minimum Gasteiger partial charge on any atom is -0.480 e. The van der Waals surface area contributed by atoms with Gasteiger partial charge < -0.3 is 15.7 Å². The van der Waals surface area contributed by atoms with Crippen LogP contribution in [0.15, 0.2) is 0 Å².